The molecule has 244 valence electrons. The lowest BCUT2D eigenvalue weighted by Crippen LogP contribution is -2.57. The fourth-order valence-electron chi connectivity index (χ4n) is 7.84. The van der Waals surface area contributed by atoms with Crippen LogP contribution >= 0.6 is 11.3 Å². The van der Waals surface area contributed by atoms with Gasteiger partial charge in [-0.05, 0) is 69.9 Å². The van der Waals surface area contributed by atoms with Crippen LogP contribution in [0.2, 0.25) is 0 Å². The first-order valence-electron chi connectivity index (χ1n) is 17.5. The minimum atomic E-state index is 0.0202. The normalized spacial score (nSPS) is 12.9. The molecule has 0 saturated heterocycles. The van der Waals surface area contributed by atoms with Crippen molar-refractivity contribution < 1.29 is 9.47 Å². The number of anilines is 3. The van der Waals surface area contributed by atoms with Gasteiger partial charge < -0.3 is 14.4 Å². The molecule has 3 heterocycles. The van der Waals surface area contributed by atoms with Crippen LogP contribution in [-0.4, -0.2) is 6.71 Å². The highest BCUT2D eigenvalue weighted by atomic mass is 32.1. The van der Waals surface area contributed by atoms with Crippen LogP contribution in [0.3, 0.4) is 0 Å². The van der Waals surface area contributed by atoms with Crippen molar-refractivity contribution in [2.24, 2.45) is 0 Å². The smallest absolute Gasteiger partial charge is 0.260 e. The maximum absolute atomic E-state index is 6.79. The first kappa shape index (κ1) is 30.1. The molecule has 0 atom stereocenters. The van der Waals surface area contributed by atoms with Gasteiger partial charge in [-0.2, -0.15) is 0 Å². The Bertz CT molecular complexity index is 2570. The summed E-state index contributed by atoms with van der Waals surface area (Å²) in [6.07, 6.45) is 0. The summed E-state index contributed by atoms with van der Waals surface area (Å²) in [5, 5.41) is 2.51. The molecule has 0 radical (unpaired) electrons. The van der Waals surface area contributed by atoms with Crippen molar-refractivity contribution in [1.82, 2.24) is 0 Å². The highest BCUT2D eigenvalue weighted by molar-refractivity contribution is 7.25. The molecule has 0 spiro atoms. The Kier molecular flexibility index (Phi) is 6.71. The van der Waals surface area contributed by atoms with E-state index in [0.29, 0.717) is 0 Å². The van der Waals surface area contributed by atoms with Crippen LogP contribution in [-0.2, 0) is 5.41 Å². The van der Waals surface area contributed by atoms with Gasteiger partial charge in [0.1, 0.15) is 23.0 Å². The van der Waals surface area contributed by atoms with E-state index in [-0.39, 0.29) is 12.1 Å². The van der Waals surface area contributed by atoms with Gasteiger partial charge in [-0.3, -0.25) is 0 Å². The SMILES string of the molecule is CC(C)(C)c1ccc(N(c2cc3c4c(c2)Oc2ccccc2B4c2ccccc2O3)c2cc3c(cc2-c2ccccc2)sc2ccccc23)cc1. The van der Waals surface area contributed by atoms with E-state index in [9.17, 15) is 0 Å². The monoisotopic (exact) mass is 675 g/mol. The van der Waals surface area contributed by atoms with E-state index in [4.69, 9.17) is 9.47 Å². The zero-order valence-electron chi connectivity index (χ0n) is 28.7. The lowest BCUT2D eigenvalue weighted by Gasteiger charge is -2.35. The van der Waals surface area contributed by atoms with Crippen LogP contribution in [0, 0.1) is 0 Å². The summed E-state index contributed by atoms with van der Waals surface area (Å²) < 4.78 is 16.1. The van der Waals surface area contributed by atoms with Crippen molar-refractivity contribution in [2.75, 3.05) is 4.90 Å². The number of nitrogens with zero attached hydrogens (tertiary/aromatic N) is 1. The van der Waals surface area contributed by atoms with Crippen molar-refractivity contribution >= 4 is 71.7 Å². The molecule has 0 N–H and O–H groups in total. The molecule has 2 aliphatic heterocycles. The van der Waals surface area contributed by atoms with E-state index in [0.717, 1.165) is 67.6 Å². The highest BCUT2D eigenvalue weighted by Gasteiger charge is 2.40. The average Bonchev–Trinajstić information content (AvgIpc) is 3.52. The predicted octanol–water partition coefficient (Wildman–Crippen LogP) is 11.2. The quantitative estimate of drug-likeness (QED) is 0.173. The van der Waals surface area contributed by atoms with Gasteiger partial charge in [0.05, 0.1) is 11.4 Å². The molecule has 0 bridgehead atoms. The van der Waals surface area contributed by atoms with Crippen LogP contribution < -0.4 is 30.8 Å². The van der Waals surface area contributed by atoms with Gasteiger partial charge in [0.15, 0.2) is 0 Å². The van der Waals surface area contributed by atoms with Crippen molar-refractivity contribution in [3.05, 3.63) is 157 Å². The van der Waals surface area contributed by atoms with Gasteiger partial charge in [0.25, 0.3) is 6.71 Å². The van der Waals surface area contributed by atoms with E-state index in [1.165, 1.54) is 25.7 Å². The maximum atomic E-state index is 6.79. The standard InChI is InChI=1S/C46H34BNO2S/c1-46(2,3)30-21-23-31(24-22-30)48(38-27-35-33-15-7-12-20-43(33)51-44(35)28-34(38)29-13-5-4-6-14-29)32-25-41-45-42(26-32)50-40-19-11-9-17-37(40)47(45)36-16-8-10-18-39(36)49-41/h4-28H,1-3H3. The molecule has 0 fully saturated rings. The van der Waals surface area contributed by atoms with E-state index in [1.54, 1.807) is 0 Å². The number of fused-ring (bicyclic) bond motifs is 7. The Morgan fingerprint density at radius 3 is 1.80 bits per heavy atom. The lowest BCUT2D eigenvalue weighted by molar-refractivity contribution is 0.465. The molecule has 0 unspecified atom stereocenters. The summed E-state index contributed by atoms with van der Waals surface area (Å²) in [6, 6.07) is 54.5. The summed E-state index contributed by atoms with van der Waals surface area (Å²) in [7, 11) is 0. The number of benzene rings is 7. The number of thiophene rings is 1. The summed E-state index contributed by atoms with van der Waals surface area (Å²) in [5.74, 6) is 3.40. The highest BCUT2D eigenvalue weighted by Crippen LogP contribution is 2.48. The van der Waals surface area contributed by atoms with Crippen molar-refractivity contribution in [3.63, 3.8) is 0 Å². The predicted molar refractivity (Wildman–Crippen MR) is 216 cm³/mol. The first-order valence-corrected chi connectivity index (χ1v) is 18.4. The molecule has 5 heteroatoms. The molecule has 10 rings (SSSR count). The number of hydrogen-bond acceptors (Lipinski definition) is 4. The topological polar surface area (TPSA) is 21.7 Å². The Hall–Kier alpha value is -5.78. The third kappa shape index (κ3) is 4.87. The van der Waals surface area contributed by atoms with Crippen LogP contribution in [0.15, 0.2) is 152 Å². The minimum absolute atomic E-state index is 0.0202. The second-order valence-corrected chi connectivity index (χ2v) is 15.6. The first-order chi connectivity index (χ1) is 24.9. The molecule has 1 aromatic heterocycles. The molecule has 7 aromatic carbocycles. The number of ether oxygens (including phenoxy) is 2. The average molecular weight is 676 g/mol. The van der Waals surface area contributed by atoms with Crippen LogP contribution in [0.25, 0.3) is 31.3 Å². The van der Waals surface area contributed by atoms with Gasteiger partial charge in [-0.15, -0.1) is 11.3 Å². The van der Waals surface area contributed by atoms with Gasteiger partial charge in [-0.1, -0.05) is 118 Å². The number of para-hydroxylation sites is 2. The lowest BCUT2D eigenvalue weighted by atomic mass is 9.35. The third-order valence-electron chi connectivity index (χ3n) is 10.3. The van der Waals surface area contributed by atoms with Crippen molar-refractivity contribution in [3.8, 4) is 34.1 Å². The molecule has 8 aromatic rings. The van der Waals surface area contributed by atoms with Gasteiger partial charge in [0, 0.05) is 49.0 Å². The van der Waals surface area contributed by atoms with Crippen LogP contribution in [0.5, 0.6) is 23.0 Å². The Morgan fingerprint density at radius 1 is 0.529 bits per heavy atom. The molecule has 0 saturated carbocycles. The molecule has 3 nitrogen and oxygen atoms in total. The fourth-order valence-corrected chi connectivity index (χ4v) is 8.97. The largest absolute Gasteiger partial charge is 0.458 e. The third-order valence-corrected chi connectivity index (χ3v) is 11.5. The van der Waals surface area contributed by atoms with Gasteiger partial charge in [0.2, 0.25) is 0 Å². The van der Waals surface area contributed by atoms with Crippen molar-refractivity contribution in [1.29, 1.82) is 0 Å². The second-order valence-electron chi connectivity index (χ2n) is 14.5. The maximum Gasteiger partial charge on any atom is 0.260 e. The fraction of sp³-hybridized carbons (Fsp3) is 0.0870. The van der Waals surface area contributed by atoms with E-state index in [2.05, 4.69) is 177 Å². The number of hydrogen-bond donors (Lipinski definition) is 0. The van der Waals surface area contributed by atoms with E-state index >= 15 is 0 Å². The molecule has 2 aliphatic rings. The number of rotatable bonds is 4. The van der Waals surface area contributed by atoms with Crippen LogP contribution in [0.4, 0.5) is 17.1 Å². The summed E-state index contributed by atoms with van der Waals surface area (Å²) in [4.78, 5) is 2.39. The van der Waals surface area contributed by atoms with E-state index in [1.807, 2.05) is 11.3 Å². The Labute approximate surface area is 302 Å². The van der Waals surface area contributed by atoms with Crippen LogP contribution in [0.1, 0.15) is 26.3 Å². The summed E-state index contributed by atoms with van der Waals surface area (Å²) in [6.45, 7) is 6.81. The van der Waals surface area contributed by atoms with E-state index < -0.39 is 0 Å². The molecule has 0 amide bonds. The molecular weight excluding hydrogens is 641 g/mol. The summed E-state index contributed by atoms with van der Waals surface area (Å²) >= 11 is 1.85. The Morgan fingerprint density at radius 2 is 1.14 bits per heavy atom. The molecule has 0 aliphatic carbocycles. The van der Waals surface area contributed by atoms with Crippen molar-refractivity contribution in [2.45, 2.75) is 26.2 Å². The zero-order chi connectivity index (χ0) is 34.3. The van der Waals surface area contributed by atoms with Gasteiger partial charge >= 0.3 is 0 Å². The summed E-state index contributed by atoms with van der Waals surface area (Å²) in [5.41, 5.74) is 10.2. The zero-order valence-corrected chi connectivity index (χ0v) is 29.5. The molecular formula is C46H34BNO2S. The Balaban J connectivity index is 1.26. The molecule has 51 heavy (non-hydrogen) atoms. The second kappa shape index (κ2) is 11.4. The minimum Gasteiger partial charge on any atom is -0.458 e. The van der Waals surface area contributed by atoms with Gasteiger partial charge in [-0.25, -0.2) is 0 Å².